The third-order valence-electron chi connectivity index (χ3n) is 5.56. The number of nitrogens with zero attached hydrogens (tertiary/aromatic N) is 1. The molecule has 0 aliphatic heterocycles. The van der Waals surface area contributed by atoms with Gasteiger partial charge >= 0.3 is 0 Å². The van der Waals surface area contributed by atoms with Crippen molar-refractivity contribution in [3.05, 3.63) is 102 Å². The van der Waals surface area contributed by atoms with Crippen molar-refractivity contribution in [2.45, 2.75) is 23.3 Å². The van der Waals surface area contributed by atoms with E-state index in [1.54, 1.807) is 36.4 Å². The Kier molecular flexibility index (Phi) is 7.24. The number of hydrogen-bond acceptors (Lipinski definition) is 4. The molecular formula is C27H26N2O3S2. The first-order chi connectivity index (χ1) is 16.4. The van der Waals surface area contributed by atoms with Gasteiger partial charge in [-0.1, -0.05) is 54.1 Å². The topological polar surface area (TPSA) is 66.5 Å². The lowest BCUT2D eigenvalue weighted by Gasteiger charge is -2.24. The fourth-order valence-electron chi connectivity index (χ4n) is 3.64. The molecule has 4 rings (SSSR count). The summed E-state index contributed by atoms with van der Waals surface area (Å²) in [4.78, 5) is 14.0. The van der Waals surface area contributed by atoms with Crippen LogP contribution in [0.1, 0.15) is 11.1 Å². The van der Waals surface area contributed by atoms with Gasteiger partial charge in [-0.05, 0) is 72.0 Å². The maximum atomic E-state index is 13.5. The van der Waals surface area contributed by atoms with E-state index in [0.717, 1.165) is 31.1 Å². The van der Waals surface area contributed by atoms with Crippen molar-refractivity contribution in [2.24, 2.45) is 0 Å². The fourth-order valence-corrected chi connectivity index (χ4v) is 5.47. The summed E-state index contributed by atoms with van der Waals surface area (Å²) in [6.07, 6.45) is 1.93. The van der Waals surface area contributed by atoms with E-state index in [1.165, 1.54) is 11.8 Å². The Labute approximate surface area is 204 Å². The lowest BCUT2D eigenvalue weighted by Crippen LogP contribution is -2.40. The molecule has 0 saturated carbocycles. The minimum atomic E-state index is -3.94. The maximum Gasteiger partial charge on any atom is 0.264 e. The molecule has 7 heteroatoms. The molecule has 1 N–H and O–H groups in total. The number of rotatable bonds is 8. The second-order valence-electron chi connectivity index (χ2n) is 7.98. The van der Waals surface area contributed by atoms with Gasteiger partial charge in [0.15, 0.2) is 0 Å². The number of fused-ring (bicyclic) bond motifs is 1. The van der Waals surface area contributed by atoms with Crippen LogP contribution in [-0.2, 0) is 21.4 Å². The lowest BCUT2D eigenvalue weighted by molar-refractivity contribution is -0.119. The highest BCUT2D eigenvalue weighted by Gasteiger charge is 2.27. The van der Waals surface area contributed by atoms with Crippen LogP contribution in [-0.4, -0.2) is 27.1 Å². The quantitative estimate of drug-likeness (QED) is 0.337. The Balaban J connectivity index is 1.55. The predicted octanol–water partition coefficient (Wildman–Crippen LogP) is 5.38. The molecule has 0 unspecified atom stereocenters. The molecular weight excluding hydrogens is 464 g/mol. The number of carbonyl (C=O) groups excluding carboxylic acids is 1. The highest BCUT2D eigenvalue weighted by Crippen LogP contribution is 2.26. The zero-order valence-electron chi connectivity index (χ0n) is 19.1. The number of aryl methyl sites for hydroxylation is 1. The van der Waals surface area contributed by atoms with Crippen LogP contribution < -0.4 is 9.62 Å². The van der Waals surface area contributed by atoms with Crippen LogP contribution in [0.3, 0.4) is 0 Å². The number of thioether (sulfide) groups is 1. The molecule has 0 heterocycles. The van der Waals surface area contributed by atoms with Gasteiger partial charge in [-0.3, -0.25) is 9.10 Å². The van der Waals surface area contributed by atoms with E-state index in [0.29, 0.717) is 12.2 Å². The molecule has 0 aromatic heterocycles. The number of anilines is 1. The van der Waals surface area contributed by atoms with E-state index in [-0.39, 0.29) is 17.3 Å². The van der Waals surface area contributed by atoms with Crippen molar-refractivity contribution >= 4 is 44.2 Å². The molecule has 4 aromatic carbocycles. The first kappa shape index (κ1) is 23.9. The highest BCUT2D eigenvalue weighted by molar-refractivity contribution is 7.98. The molecule has 174 valence electrons. The van der Waals surface area contributed by atoms with Crippen molar-refractivity contribution in [3.63, 3.8) is 0 Å². The molecule has 0 aliphatic rings. The minimum Gasteiger partial charge on any atom is -0.350 e. The van der Waals surface area contributed by atoms with Crippen molar-refractivity contribution in [1.29, 1.82) is 0 Å². The van der Waals surface area contributed by atoms with Crippen LogP contribution >= 0.6 is 11.8 Å². The molecule has 34 heavy (non-hydrogen) atoms. The number of benzene rings is 4. The van der Waals surface area contributed by atoms with Gasteiger partial charge in [-0.25, -0.2) is 8.42 Å². The summed E-state index contributed by atoms with van der Waals surface area (Å²) >= 11 is 1.54. The number of hydrogen-bond donors (Lipinski definition) is 1. The molecule has 0 bridgehead atoms. The Morgan fingerprint density at radius 2 is 1.56 bits per heavy atom. The Morgan fingerprint density at radius 1 is 0.882 bits per heavy atom. The summed E-state index contributed by atoms with van der Waals surface area (Å²) in [5, 5.41) is 5.08. The maximum absolute atomic E-state index is 13.5. The summed E-state index contributed by atoms with van der Waals surface area (Å²) in [6.45, 7) is 1.93. The van der Waals surface area contributed by atoms with Gasteiger partial charge in [0.1, 0.15) is 6.54 Å². The van der Waals surface area contributed by atoms with E-state index in [2.05, 4.69) is 5.32 Å². The monoisotopic (exact) mass is 490 g/mol. The van der Waals surface area contributed by atoms with Gasteiger partial charge in [0.2, 0.25) is 5.91 Å². The molecule has 4 aromatic rings. The van der Waals surface area contributed by atoms with E-state index in [1.807, 2.05) is 67.8 Å². The van der Waals surface area contributed by atoms with E-state index < -0.39 is 10.0 Å². The number of sulfonamides is 1. The average molecular weight is 491 g/mol. The van der Waals surface area contributed by atoms with E-state index in [4.69, 9.17) is 0 Å². The van der Waals surface area contributed by atoms with Crippen LogP contribution in [0.2, 0.25) is 0 Å². The highest BCUT2D eigenvalue weighted by atomic mass is 32.2. The van der Waals surface area contributed by atoms with Gasteiger partial charge in [0, 0.05) is 11.4 Å². The van der Waals surface area contributed by atoms with Crippen LogP contribution in [0.25, 0.3) is 10.8 Å². The first-order valence-corrected chi connectivity index (χ1v) is 13.5. The van der Waals surface area contributed by atoms with Gasteiger partial charge in [0.25, 0.3) is 10.0 Å². The van der Waals surface area contributed by atoms with Gasteiger partial charge in [-0.15, -0.1) is 11.8 Å². The molecule has 0 aliphatic carbocycles. The van der Waals surface area contributed by atoms with Crippen molar-refractivity contribution in [3.8, 4) is 0 Å². The Morgan fingerprint density at radius 3 is 2.24 bits per heavy atom. The molecule has 1 amide bonds. The molecule has 0 fully saturated rings. The fraction of sp³-hybridized carbons (Fsp3) is 0.148. The van der Waals surface area contributed by atoms with Crippen LogP contribution in [0.5, 0.6) is 0 Å². The molecule has 0 saturated heterocycles. The van der Waals surface area contributed by atoms with Crippen LogP contribution in [0.15, 0.2) is 101 Å². The van der Waals surface area contributed by atoms with Crippen molar-refractivity contribution < 1.29 is 13.2 Å². The molecule has 5 nitrogen and oxygen atoms in total. The smallest absolute Gasteiger partial charge is 0.264 e. The third-order valence-corrected chi connectivity index (χ3v) is 8.09. The lowest BCUT2D eigenvalue weighted by atomic mass is 10.1. The zero-order chi connectivity index (χ0) is 24.1. The summed E-state index contributed by atoms with van der Waals surface area (Å²) < 4.78 is 28.2. The van der Waals surface area contributed by atoms with Crippen LogP contribution in [0, 0.1) is 6.92 Å². The van der Waals surface area contributed by atoms with Crippen molar-refractivity contribution in [2.75, 3.05) is 17.1 Å². The Bertz CT molecular complexity index is 1400. The van der Waals surface area contributed by atoms with E-state index in [9.17, 15) is 13.2 Å². The van der Waals surface area contributed by atoms with Crippen molar-refractivity contribution in [1.82, 2.24) is 5.32 Å². The zero-order valence-corrected chi connectivity index (χ0v) is 20.7. The normalized spacial score (nSPS) is 11.4. The largest absolute Gasteiger partial charge is 0.350 e. The molecule has 0 radical (unpaired) electrons. The second-order valence-corrected chi connectivity index (χ2v) is 10.7. The van der Waals surface area contributed by atoms with Gasteiger partial charge in [0.05, 0.1) is 10.6 Å². The van der Waals surface area contributed by atoms with E-state index >= 15 is 0 Å². The SMILES string of the molecule is CSc1ccc(S(=O)(=O)N(CC(=O)NCc2ccc3ccccc3c2)c2ccc(C)cc2)cc1. The molecule has 0 atom stereocenters. The van der Waals surface area contributed by atoms with Gasteiger partial charge in [-0.2, -0.15) is 0 Å². The first-order valence-electron chi connectivity index (χ1n) is 10.8. The number of carbonyl (C=O) groups is 1. The Hall–Kier alpha value is -3.29. The predicted molar refractivity (Wildman–Crippen MR) is 140 cm³/mol. The van der Waals surface area contributed by atoms with Crippen LogP contribution in [0.4, 0.5) is 5.69 Å². The standard InChI is InChI=1S/C27H26N2O3S2/c1-20-7-11-24(12-8-20)29(34(31,32)26-15-13-25(33-2)14-16-26)19-27(30)28-18-21-9-10-22-5-3-4-6-23(22)17-21/h3-17H,18-19H2,1-2H3,(H,28,30). The summed E-state index contributed by atoms with van der Waals surface area (Å²) in [6, 6.07) is 27.8. The minimum absolute atomic E-state index is 0.146. The van der Waals surface area contributed by atoms with Gasteiger partial charge < -0.3 is 5.32 Å². The summed E-state index contributed by atoms with van der Waals surface area (Å²) in [5.41, 5.74) is 2.40. The second kappa shape index (κ2) is 10.3. The third kappa shape index (κ3) is 5.43. The average Bonchev–Trinajstić information content (AvgIpc) is 2.86. The summed E-state index contributed by atoms with van der Waals surface area (Å²) in [7, 11) is -3.94. The summed E-state index contributed by atoms with van der Waals surface area (Å²) in [5.74, 6) is -0.377. The molecule has 0 spiro atoms. The number of amides is 1. The number of nitrogens with one attached hydrogen (secondary N) is 1.